The summed E-state index contributed by atoms with van der Waals surface area (Å²) in [6.45, 7) is 2.65. The van der Waals surface area contributed by atoms with Gasteiger partial charge >= 0.3 is 0 Å². The highest BCUT2D eigenvalue weighted by Gasteiger charge is 2.15. The zero-order valence-corrected chi connectivity index (χ0v) is 14.4. The van der Waals surface area contributed by atoms with E-state index in [-0.39, 0.29) is 5.91 Å². The lowest BCUT2D eigenvalue weighted by atomic mass is 10.1. The molecule has 4 aromatic rings. The van der Waals surface area contributed by atoms with Gasteiger partial charge in [-0.1, -0.05) is 43.3 Å². The summed E-state index contributed by atoms with van der Waals surface area (Å²) in [5.74, 6) is -0.129. The van der Waals surface area contributed by atoms with Gasteiger partial charge in [0, 0.05) is 22.8 Å². The molecule has 0 bridgehead atoms. The first-order valence-corrected chi connectivity index (χ1v) is 8.57. The van der Waals surface area contributed by atoms with Crippen LogP contribution in [0.15, 0.2) is 61.3 Å². The van der Waals surface area contributed by atoms with Crippen molar-refractivity contribution in [3.05, 3.63) is 78.0 Å². The molecule has 2 aromatic heterocycles. The quantitative estimate of drug-likeness (QED) is 0.580. The van der Waals surface area contributed by atoms with Crippen molar-refractivity contribution >= 4 is 22.5 Å². The van der Waals surface area contributed by atoms with Crippen molar-refractivity contribution in [3.63, 3.8) is 0 Å². The van der Waals surface area contributed by atoms with Gasteiger partial charge in [-0.25, -0.2) is 9.67 Å². The number of hydrogen-bond donors (Lipinski definition) is 2. The summed E-state index contributed by atoms with van der Waals surface area (Å²) in [6, 6.07) is 13.8. The van der Waals surface area contributed by atoms with E-state index in [4.69, 9.17) is 0 Å². The molecule has 0 fully saturated rings. The monoisotopic (exact) mass is 345 g/mol. The first-order chi connectivity index (χ1) is 12.8. The standard InChI is InChI=1S/C20H19N5O/c1-2-14-7-5-8-16-17(10-22-19(14)16)20(26)24-18-9-4-3-6-15(18)11-25-13-21-12-23-25/h3-10,12-13,22H,2,11H2,1H3,(H,24,26). The van der Waals surface area contributed by atoms with Gasteiger partial charge in [0.15, 0.2) is 0 Å². The molecule has 0 aliphatic rings. The number of benzene rings is 2. The van der Waals surface area contributed by atoms with Gasteiger partial charge in [-0.15, -0.1) is 0 Å². The minimum atomic E-state index is -0.129. The number of para-hydroxylation sites is 2. The topological polar surface area (TPSA) is 75.6 Å². The van der Waals surface area contributed by atoms with Crippen molar-refractivity contribution in [1.29, 1.82) is 0 Å². The molecule has 0 aliphatic carbocycles. The molecule has 6 nitrogen and oxygen atoms in total. The van der Waals surface area contributed by atoms with Crippen LogP contribution in [0, 0.1) is 0 Å². The highest BCUT2D eigenvalue weighted by molar-refractivity contribution is 6.13. The number of rotatable bonds is 5. The minimum absolute atomic E-state index is 0.129. The second-order valence-electron chi connectivity index (χ2n) is 6.10. The van der Waals surface area contributed by atoms with Gasteiger partial charge in [-0.05, 0) is 23.6 Å². The number of H-pyrrole nitrogens is 1. The smallest absolute Gasteiger partial charge is 0.257 e. The number of anilines is 1. The fraction of sp³-hybridized carbons (Fsp3) is 0.150. The number of hydrogen-bond acceptors (Lipinski definition) is 3. The zero-order chi connectivity index (χ0) is 17.9. The molecule has 0 saturated heterocycles. The summed E-state index contributed by atoms with van der Waals surface area (Å²) in [7, 11) is 0. The summed E-state index contributed by atoms with van der Waals surface area (Å²) in [5, 5.41) is 8.10. The van der Waals surface area contributed by atoms with Gasteiger partial charge in [0.2, 0.25) is 0 Å². The second-order valence-corrected chi connectivity index (χ2v) is 6.10. The number of aromatic nitrogens is 4. The third kappa shape index (κ3) is 2.97. The second kappa shape index (κ2) is 6.84. The summed E-state index contributed by atoms with van der Waals surface area (Å²) >= 11 is 0. The molecule has 2 aromatic carbocycles. The van der Waals surface area contributed by atoms with Crippen LogP contribution in [-0.2, 0) is 13.0 Å². The summed E-state index contributed by atoms with van der Waals surface area (Å²) in [6.07, 6.45) is 5.85. The van der Waals surface area contributed by atoms with Crippen molar-refractivity contribution in [2.45, 2.75) is 19.9 Å². The number of nitrogens with one attached hydrogen (secondary N) is 2. The number of fused-ring (bicyclic) bond motifs is 1. The first-order valence-electron chi connectivity index (χ1n) is 8.57. The fourth-order valence-electron chi connectivity index (χ4n) is 3.16. The molecule has 0 unspecified atom stereocenters. The Labute approximate surface area is 150 Å². The molecule has 0 atom stereocenters. The van der Waals surface area contributed by atoms with E-state index in [1.54, 1.807) is 17.2 Å². The molecular formula is C20H19N5O. The van der Waals surface area contributed by atoms with Crippen molar-refractivity contribution in [3.8, 4) is 0 Å². The van der Waals surface area contributed by atoms with Gasteiger partial charge in [0.25, 0.3) is 5.91 Å². The third-order valence-corrected chi connectivity index (χ3v) is 4.49. The predicted molar refractivity (Wildman–Crippen MR) is 101 cm³/mol. The van der Waals surface area contributed by atoms with Crippen LogP contribution < -0.4 is 5.32 Å². The molecule has 1 amide bonds. The Kier molecular flexibility index (Phi) is 4.23. The van der Waals surface area contributed by atoms with Crippen LogP contribution in [0.25, 0.3) is 10.9 Å². The molecule has 0 aliphatic heterocycles. The first kappa shape index (κ1) is 16.1. The van der Waals surface area contributed by atoms with Crippen molar-refractivity contribution in [1.82, 2.24) is 19.7 Å². The molecule has 2 N–H and O–H groups in total. The maximum atomic E-state index is 12.9. The number of nitrogens with zero attached hydrogens (tertiary/aromatic N) is 3. The molecule has 6 heteroatoms. The van der Waals surface area contributed by atoms with E-state index in [9.17, 15) is 4.79 Å². The van der Waals surface area contributed by atoms with Crippen molar-refractivity contribution in [2.75, 3.05) is 5.32 Å². The molecule has 4 rings (SSSR count). The van der Waals surface area contributed by atoms with Gasteiger partial charge < -0.3 is 10.3 Å². The zero-order valence-electron chi connectivity index (χ0n) is 14.4. The van der Waals surface area contributed by atoms with Crippen molar-refractivity contribution < 1.29 is 4.79 Å². The van der Waals surface area contributed by atoms with E-state index >= 15 is 0 Å². The lowest BCUT2D eigenvalue weighted by molar-refractivity contribution is 0.102. The summed E-state index contributed by atoms with van der Waals surface area (Å²) in [5.41, 5.74) is 4.62. The van der Waals surface area contributed by atoms with Crippen LogP contribution >= 0.6 is 0 Å². The average molecular weight is 345 g/mol. The molecule has 0 saturated carbocycles. The van der Waals surface area contributed by atoms with E-state index < -0.39 is 0 Å². The normalized spacial score (nSPS) is 11.0. The Morgan fingerprint density at radius 2 is 2.00 bits per heavy atom. The van der Waals surface area contributed by atoms with Gasteiger partial charge in [-0.3, -0.25) is 4.79 Å². The van der Waals surface area contributed by atoms with E-state index in [1.165, 1.54) is 11.9 Å². The number of amides is 1. The molecule has 0 radical (unpaired) electrons. The van der Waals surface area contributed by atoms with Gasteiger partial charge in [-0.2, -0.15) is 5.10 Å². The minimum Gasteiger partial charge on any atom is -0.360 e. The van der Waals surface area contributed by atoms with Gasteiger partial charge in [0.1, 0.15) is 12.7 Å². The fourth-order valence-corrected chi connectivity index (χ4v) is 3.16. The molecule has 2 heterocycles. The SMILES string of the molecule is CCc1cccc2c(C(=O)Nc3ccccc3Cn3cncn3)c[nH]c12. The molecular weight excluding hydrogens is 326 g/mol. The van der Waals surface area contributed by atoms with Gasteiger partial charge in [0.05, 0.1) is 12.1 Å². The Morgan fingerprint density at radius 1 is 1.15 bits per heavy atom. The Hall–Kier alpha value is -3.41. The van der Waals surface area contributed by atoms with E-state index in [0.717, 1.165) is 28.6 Å². The van der Waals surface area contributed by atoms with E-state index in [2.05, 4.69) is 33.4 Å². The Balaban J connectivity index is 1.63. The van der Waals surface area contributed by atoms with Crippen LogP contribution in [0.3, 0.4) is 0 Å². The van der Waals surface area contributed by atoms with E-state index in [0.29, 0.717) is 12.1 Å². The highest BCUT2D eigenvalue weighted by Crippen LogP contribution is 2.24. The predicted octanol–water partition coefficient (Wildman–Crippen LogP) is 3.62. The van der Waals surface area contributed by atoms with E-state index in [1.807, 2.05) is 36.4 Å². The number of aromatic amines is 1. The lowest BCUT2D eigenvalue weighted by Gasteiger charge is -2.11. The van der Waals surface area contributed by atoms with Crippen molar-refractivity contribution in [2.24, 2.45) is 0 Å². The summed E-state index contributed by atoms with van der Waals surface area (Å²) in [4.78, 5) is 20.1. The number of carbonyl (C=O) groups is 1. The third-order valence-electron chi connectivity index (χ3n) is 4.49. The highest BCUT2D eigenvalue weighted by atomic mass is 16.1. The number of carbonyl (C=O) groups excluding carboxylic acids is 1. The van der Waals surface area contributed by atoms with Crippen LogP contribution in [0.4, 0.5) is 5.69 Å². The Bertz CT molecular complexity index is 1050. The molecule has 130 valence electrons. The maximum absolute atomic E-state index is 12.9. The largest absolute Gasteiger partial charge is 0.360 e. The van der Waals surface area contributed by atoms with Crippen LogP contribution in [0.5, 0.6) is 0 Å². The molecule has 26 heavy (non-hydrogen) atoms. The number of aryl methyl sites for hydroxylation is 1. The Morgan fingerprint density at radius 3 is 2.81 bits per heavy atom. The average Bonchev–Trinajstić information content (AvgIpc) is 3.32. The maximum Gasteiger partial charge on any atom is 0.257 e. The van der Waals surface area contributed by atoms with Crippen LogP contribution in [-0.4, -0.2) is 25.7 Å². The summed E-state index contributed by atoms with van der Waals surface area (Å²) < 4.78 is 1.73. The van der Waals surface area contributed by atoms with Crippen LogP contribution in [0.1, 0.15) is 28.4 Å². The lowest BCUT2D eigenvalue weighted by Crippen LogP contribution is -2.14. The van der Waals surface area contributed by atoms with Crippen LogP contribution in [0.2, 0.25) is 0 Å². The molecule has 0 spiro atoms.